The fourth-order valence-corrected chi connectivity index (χ4v) is 3.16. The molecule has 2 heterocycles. The molecule has 0 aliphatic heterocycles. The van der Waals surface area contributed by atoms with Gasteiger partial charge in [-0.25, -0.2) is 4.98 Å². The molecule has 5 nitrogen and oxygen atoms in total. The summed E-state index contributed by atoms with van der Waals surface area (Å²) in [5.74, 6) is 0.427. The molecule has 0 bridgehead atoms. The predicted molar refractivity (Wildman–Crippen MR) is 94.5 cm³/mol. The quantitative estimate of drug-likeness (QED) is 0.748. The first-order valence-corrected chi connectivity index (χ1v) is 8.42. The molecule has 2 N–H and O–H groups in total. The summed E-state index contributed by atoms with van der Waals surface area (Å²) in [7, 11) is 1.61. The maximum atomic E-state index is 12.3. The van der Waals surface area contributed by atoms with E-state index in [1.54, 1.807) is 26.2 Å². The number of ether oxygens (including phenoxy) is 1. The number of carbonyl (C=O) groups excluding carboxylic acids is 1. The zero-order chi connectivity index (χ0) is 17.2. The van der Waals surface area contributed by atoms with Crippen molar-refractivity contribution in [3.8, 4) is 5.75 Å². The summed E-state index contributed by atoms with van der Waals surface area (Å²) in [5, 5.41) is 17.9. The van der Waals surface area contributed by atoms with E-state index in [0.717, 1.165) is 16.7 Å². The second-order valence-electron chi connectivity index (χ2n) is 5.72. The van der Waals surface area contributed by atoms with Gasteiger partial charge in [-0.15, -0.1) is 0 Å². The number of aromatic nitrogens is 1. The van der Waals surface area contributed by atoms with Crippen molar-refractivity contribution in [1.82, 2.24) is 10.3 Å². The minimum Gasteiger partial charge on any atom is -0.497 e. The Morgan fingerprint density at radius 1 is 1.33 bits per heavy atom. The van der Waals surface area contributed by atoms with Crippen LogP contribution in [0.1, 0.15) is 23.0 Å². The Bertz CT molecular complexity index is 860. The van der Waals surface area contributed by atoms with E-state index < -0.39 is 5.60 Å². The topological polar surface area (TPSA) is 71.5 Å². The molecule has 0 aliphatic carbocycles. The standard InChI is InChI=1S/C18H18N2O3S/c1-18(22,13-7-8-24-10-13)11-19-17(21)16-5-3-12-9-14(23-2)4-6-15(12)20-16/h3-10,22H,11H2,1-2H3,(H,19,21). The van der Waals surface area contributed by atoms with Gasteiger partial charge in [-0.3, -0.25) is 4.79 Å². The van der Waals surface area contributed by atoms with E-state index in [1.165, 1.54) is 11.3 Å². The molecule has 1 amide bonds. The van der Waals surface area contributed by atoms with Crippen molar-refractivity contribution in [1.29, 1.82) is 0 Å². The number of hydrogen-bond donors (Lipinski definition) is 2. The highest BCUT2D eigenvalue weighted by Gasteiger charge is 2.24. The molecule has 1 aromatic carbocycles. The Morgan fingerprint density at radius 3 is 2.88 bits per heavy atom. The van der Waals surface area contributed by atoms with Gasteiger partial charge in [0.2, 0.25) is 0 Å². The molecule has 0 fully saturated rings. The number of pyridine rings is 1. The van der Waals surface area contributed by atoms with Crippen molar-refractivity contribution in [3.05, 3.63) is 58.4 Å². The van der Waals surface area contributed by atoms with Gasteiger partial charge in [0, 0.05) is 5.39 Å². The maximum absolute atomic E-state index is 12.3. The van der Waals surface area contributed by atoms with Crippen LogP contribution in [0.25, 0.3) is 10.9 Å². The molecule has 2 aromatic heterocycles. The zero-order valence-electron chi connectivity index (χ0n) is 13.4. The Balaban J connectivity index is 1.74. The summed E-state index contributed by atoms with van der Waals surface area (Å²) in [6, 6.07) is 10.8. The average Bonchev–Trinajstić information content (AvgIpc) is 3.14. The van der Waals surface area contributed by atoms with Gasteiger partial charge in [-0.2, -0.15) is 11.3 Å². The van der Waals surface area contributed by atoms with E-state index in [0.29, 0.717) is 11.2 Å². The first kappa shape index (κ1) is 16.4. The Morgan fingerprint density at radius 2 is 2.17 bits per heavy atom. The van der Waals surface area contributed by atoms with Crippen LogP contribution >= 0.6 is 11.3 Å². The van der Waals surface area contributed by atoms with Crippen LogP contribution in [0.5, 0.6) is 5.75 Å². The first-order valence-electron chi connectivity index (χ1n) is 7.48. The number of nitrogens with one attached hydrogen (secondary N) is 1. The maximum Gasteiger partial charge on any atom is 0.270 e. The molecule has 0 aliphatic rings. The second kappa shape index (κ2) is 6.59. The van der Waals surface area contributed by atoms with Crippen molar-refractivity contribution < 1.29 is 14.6 Å². The van der Waals surface area contributed by atoms with Gasteiger partial charge in [0.25, 0.3) is 5.91 Å². The normalized spacial score (nSPS) is 13.5. The molecule has 1 unspecified atom stereocenters. The van der Waals surface area contributed by atoms with Gasteiger partial charge in [-0.05, 0) is 53.6 Å². The summed E-state index contributed by atoms with van der Waals surface area (Å²) in [5.41, 5.74) is 0.702. The molecule has 3 rings (SSSR count). The number of hydrogen-bond acceptors (Lipinski definition) is 5. The third-order valence-corrected chi connectivity index (χ3v) is 4.55. The van der Waals surface area contributed by atoms with Crippen LogP contribution in [-0.2, 0) is 5.60 Å². The molecule has 0 saturated heterocycles. The number of aliphatic hydroxyl groups is 1. The van der Waals surface area contributed by atoms with E-state index in [4.69, 9.17) is 4.74 Å². The summed E-state index contributed by atoms with van der Waals surface area (Å²) in [6.45, 7) is 1.79. The minimum absolute atomic E-state index is 0.116. The lowest BCUT2D eigenvalue weighted by Crippen LogP contribution is -2.38. The monoisotopic (exact) mass is 342 g/mol. The van der Waals surface area contributed by atoms with Crippen molar-refractivity contribution >= 4 is 28.1 Å². The molecular weight excluding hydrogens is 324 g/mol. The Labute approximate surface area is 143 Å². The number of benzene rings is 1. The number of fused-ring (bicyclic) bond motifs is 1. The van der Waals surface area contributed by atoms with Gasteiger partial charge in [0.1, 0.15) is 17.0 Å². The number of amides is 1. The predicted octanol–water partition coefficient (Wildman–Crippen LogP) is 2.94. The minimum atomic E-state index is -1.11. The number of nitrogens with zero attached hydrogens (tertiary/aromatic N) is 1. The van der Waals surface area contributed by atoms with Crippen LogP contribution < -0.4 is 10.1 Å². The van der Waals surface area contributed by atoms with Crippen LogP contribution in [0.15, 0.2) is 47.2 Å². The largest absolute Gasteiger partial charge is 0.497 e. The number of carbonyl (C=O) groups is 1. The van der Waals surface area contributed by atoms with Crippen LogP contribution in [0, 0.1) is 0 Å². The third kappa shape index (κ3) is 3.39. The molecule has 0 spiro atoms. The van der Waals surface area contributed by atoms with Crippen molar-refractivity contribution in [2.45, 2.75) is 12.5 Å². The van der Waals surface area contributed by atoms with Gasteiger partial charge in [0.15, 0.2) is 0 Å². The zero-order valence-corrected chi connectivity index (χ0v) is 14.3. The van der Waals surface area contributed by atoms with Crippen LogP contribution in [-0.4, -0.2) is 29.7 Å². The van der Waals surface area contributed by atoms with E-state index in [1.807, 2.05) is 35.0 Å². The Hall–Kier alpha value is -2.44. The first-order chi connectivity index (χ1) is 11.5. The third-order valence-electron chi connectivity index (χ3n) is 3.87. The van der Waals surface area contributed by atoms with E-state index in [9.17, 15) is 9.90 Å². The lowest BCUT2D eigenvalue weighted by Gasteiger charge is -2.22. The van der Waals surface area contributed by atoms with Gasteiger partial charge >= 0.3 is 0 Å². The highest BCUT2D eigenvalue weighted by Crippen LogP contribution is 2.22. The lowest BCUT2D eigenvalue weighted by molar-refractivity contribution is 0.0529. The smallest absolute Gasteiger partial charge is 0.270 e. The van der Waals surface area contributed by atoms with Crippen LogP contribution in [0.2, 0.25) is 0 Å². The molecular formula is C18H18N2O3S. The van der Waals surface area contributed by atoms with Crippen molar-refractivity contribution in [3.63, 3.8) is 0 Å². The molecule has 3 aromatic rings. The number of thiophene rings is 1. The highest BCUT2D eigenvalue weighted by molar-refractivity contribution is 7.08. The second-order valence-corrected chi connectivity index (χ2v) is 6.50. The fourth-order valence-electron chi connectivity index (χ4n) is 2.37. The number of methoxy groups -OCH3 is 1. The number of rotatable bonds is 5. The summed E-state index contributed by atoms with van der Waals surface area (Å²) in [4.78, 5) is 16.7. The lowest BCUT2D eigenvalue weighted by atomic mass is 9.99. The molecule has 24 heavy (non-hydrogen) atoms. The van der Waals surface area contributed by atoms with E-state index in [2.05, 4.69) is 10.3 Å². The average molecular weight is 342 g/mol. The SMILES string of the molecule is COc1ccc2nc(C(=O)NCC(C)(O)c3ccsc3)ccc2c1. The summed E-state index contributed by atoms with van der Waals surface area (Å²) < 4.78 is 5.18. The van der Waals surface area contributed by atoms with Gasteiger partial charge < -0.3 is 15.2 Å². The molecule has 124 valence electrons. The van der Waals surface area contributed by atoms with E-state index in [-0.39, 0.29) is 12.5 Å². The summed E-state index contributed by atoms with van der Waals surface area (Å²) in [6.07, 6.45) is 0. The Kier molecular flexibility index (Phi) is 4.51. The van der Waals surface area contributed by atoms with Crippen LogP contribution in [0.3, 0.4) is 0 Å². The van der Waals surface area contributed by atoms with Crippen molar-refractivity contribution in [2.75, 3.05) is 13.7 Å². The summed E-state index contributed by atoms with van der Waals surface area (Å²) >= 11 is 1.51. The molecule has 0 saturated carbocycles. The van der Waals surface area contributed by atoms with E-state index >= 15 is 0 Å². The van der Waals surface area contributed by atoms with Crippen LogP contribution in [0.4, 0.5) is 0 Å². The van der Waals surface area contributed by atoms with Gasteiger partial charge in [0.05, 0.1) is 19.2 Å². The van der Waals surface area contributed by atoms with Gasteiger partial charge in [-0.1, -0.05) is 6.07 Å². The molecule has 6 heteroatoms. The fraction of sp³-hybridized carbons (Fsp3) is 0.222. The molecule has 1 atom stereocenters. The van der Waals surface area contributed by atoms with Crippen molar-refractivity contribution in [2.24, 2.45) is 0 Å². The highest BCUT2D eigenvalue weighted by atomic mass is 32.1. The molecule has 0 radical (unpaired) electrons.